The molecule has 1 aliphatic heterocycles. The predicted molar refractivity (Wildman–Crippen MR) is 84.3 cm³/mol. The number of carbonyl (C=O) groups excluding carboxylic acids is 1. The highest BCUT2D eigenvalue weighted by molar-refractivity contribution is 5.81. The van der Waals surface area contributed by atoms with Crippen molar-refractivity contribution in [3.63, 3.8) is 0 Å². The van der Waals surface area contributed by atoms with Gasteiger partial charge in [0.2, 0.25) is 0 Å². The van der Waals surface area contributed by atoms with Crippen molar-refractivity contribution in [2.24, 2.45) is 5.92 Å². The second kappa shape index (κ2) is 6.63. The Morgan fingerprint density at radius 1 is 1.43 bits per heavy atom. The molecule has 2 aliphatic rings. The van der Waals surface area contributed by atoms with Crippen LogP contribution in [0.4, 0.5) is 0 Å². The van der Waals surface area contributed by atoms with E-state index in [1.807, 2.05) is 14.0 Å². The number of nitrogens with zero attached hydrogens (tertiary/aromatic N) is 2. The van der Waals surface area contributed by atoms with E-state index in [1.165, 1.54) is 0 Å². The molecule has 21 heavy (non-hydrogen) atoms. The van der Waals surface area contributed by atoms with Crippen LogP contribution in [-0.2, 0) is 9.53 Å². The minimum Gasteiger partial charge on any atom is -0.465 e. The first-order chi connectivity index (χ1) is 9.93. The fraction of sp³-hybridized carbons (Fsp3) is 0.938. The highest BCUT2D eigenvalue weighted by Crippen LogP contribution is 2.36. The number of likely N-dealkylation sites (N-methyl/N-ethyl adjacent to an activating group) is 2. The van der Waals surface area contributed by atoms with E-state index in [1.54, 1.807) is 0 Å². The van der Waals surface area contributed by atoms with Gasteiger partial charge in [0.05, 0.1) is 6.61 Å². The topological polar surface area (TPSA) is 44.8 Å². The van der Waals surface area contributed by atoms with E-state index in [9.17, 15) is 4.79 Å². The maximum absolute atomic E-state index is 12.3. The number of hydrogen-bond donors (Lipinski definition) is 1. The van der Waals surface area contributed by atoms with Gasteiger partial charge in [-0.1, -0.05) is 6.92 Å². The third-order valence-corrected chi connectivity index (χ3v) is 5.41. The van der Waals surface area contributed by atoms with Gasteiger partial charge in [0.1, 0.15) is 5.54 Å². The van der Waals surface area contributed by atoms with Crippen molar-refractivity contribution in [2.75, 3.05) is 40.8 Å². The first-order valence-electron chi connectivity index (χ1n) is 8.20. The zero-order chi connectivity index (χ0) is 15.6. The summed E-state index contributed by atoms with van der Waals surface area (Å²) in [6.45, 7) is 6.90. The molecule has 0 aromatic heterocycles. The molecular formula is C16H31N3O2. The molecule has 1 saturated heterocycles. The van der Waals surface area contributed by atoms with E-state index in [2.05, 4.69) is 36.1 Å². The van der Waals surface area contributed by atoms with Crippen molar-refractivity contribution in [1.82, 2.24) is 15.1 Å². The van der Waals surface area contributed by atoms with E-state index in [4.69, 9.17) is 4.74 Å². The lowest BCUT2D eigenvalue weighted by molar-refractivity contribution is -0.151. The van der Waals surface area contributed by atoms with Crippen molar-refractivity contribution < 1.29 is 9.53 Å². The van der Waals surface area contributed by atoms with Crippen molar-refractivity contribution in [3.8, 4) is 0 Å². The maximum atomic E-state index is 12.3. The maximum Gasteiger partial charge on any atom is 0.326 e. The lowest BCUT2D eigenvalue weighted by Gasteiger charge is -2.29. The van der Waals surface area contributed by atoms with Gasteiger partial charge in [-0.25, -0.2) is 0 Å². The fourth-order valence-corrected chi connectivity index (χ4v) is 4.07. The Morgan fingerprint density at radius 3 is 2.67 bits per heavy atom. The number of ether oxygens (including phenoxy) is 1. The molecule has 1 N–H and O–H groups in total. The second-order valence-corrected chi connectivity index (χ2v) is 6.91. The van der Waals surface area contributed by atoms with E-state index in [-0.39, 0.29) is 5.97 Å². The number of carbonyl (C=O) groups is 1. The number of nitrogens with one attached hydrogen (secondary N) is 1. The summed E-state index contributed by atoms with van der Waals surface area (Å²) in [7, 11) is 6.21. The third kappa shape index (κ3) is 3.25. The fourth-order valence-electron chi connectivity index (χ4n) is 4.07. The lowest BCUT2D eigenvalue weighted by atomic mass is 9.97. The second-order valence-electron chi connectivity index (χ2n) is 6.91. The van der Waals surface area contributed by atoms with E-state index >= 15 is 0 Å². The molecule has 1 heterocycles. The monoisotopic (exact) mass is 297 g/mol. The average Bonchev–Trinajstić information content (AvgIpc) is 3.03. The van der Waals surface area contributed by atoms with Gasteiger partial charge in [-0.2, -0.15) is 0 Å². The molecule has 5 heteroatoms. The van der Waals surface area contributed by atoms with Crippen molar-refractivity contribution in [1.29, 1.82) is 0 Å². The Kier molecular flexibility index (Phi) is 5.28. The van der Waals surface area contributed by atoms with Gasteiger partial charge in [0.15, 0.2) is 0 Å². The molecule has 0 amide bonds. The van der Waals surface area contributed by atoms with E-state index < -0.39 is 5.54 Å². The first kappa shape index (κ1) is 16.7. The molecule has 5 nitrogen and oxygen atoms in total. The standard InChI is InChI=1S/C16H31N3O2/c1-6-21-15(20)16(17-3)8-7-13(9-16)19-10-12(2)14(11-19)18(4)5/h12-14,17H,6-11H2,1-5H3. The average molecular weight is 297 g/mol. The molecule has 2 fully saturated rings. The normalized spacial score (nSPS) is 37.3. The lowest BCUT2D eigenvalue weighted by Crippen LogP contribution is -2.50. The summed E-state index contributed by atoms with van der Waals surface area (Å²) < 4.78 is 5.28. The van der Waals surface area contributed by atoms with Gasteiger partial charge >= 0.3 is 5.97 Å². The molecule has 1 saturated carbocycles. The van der Waals surface area contributed by atoms with Crippen LogP contribution in [0, 0.1) is 5.92 Å². The number of esters is 1. The molecule has 122 valence electrons. The summed E-state index contributed by atoms with van der Waals surface area (Å²) in [5.41, 5.74) is -0.472. The Bertz CT molecular complexity index is 375. The molecule has 0 radical (unpaired) electrons. The minimum atomic E-state index is -0.472. The van der Waals surface area contributed by atoms with Crippen LogP contribution in [0.2, 0.25) is 0 Å². The number of rotatable bonds is 5. The van der Waals surface area contributed by atoms with Gasteiger partial charge in [-0.3, -0.25) is 9.69 Å². The van der Waals surface area contributed by atoms with Crippen molar-refractivity contribution >= 4 is 5.97 Å². The molecule has 2 rings (SSSR count). The summed E-state index contributed by atoms with van der Waals surface area (Å²) in [5.74, 6) is 0.610. The van der Waals surface area contributed by atoms with Crippen molar-refractivity contribution in [3.05, 3.63) is 0 Å². The van der Waals surface area contributed by atoms with Gasteiger partial charge in [-0.05, 0) is 53.2 Å². The Labute approximate surface area is 129 Å². The summed E-state index contributed by atoms with van der Waals surface area (Å²) in [5, 5.41) is 3.25. The van der Waals surface area contributed by atoms with Crippen LogP contribution >= 0.6 is 0 Å². The van der Waals surface area contributed by atoms with Crippen LogP contribution in [0.15, 0.2) is 0 Å². The van der Waals surface area contributed by atoms with E-state index in [0.717, 1.165) is 32.4 Å². The Hall–Kier alpha value is -0.650. The van der Waals surface area contributed by atoms with Crippen LogP contribution in [0.1, 0.15) is 33.1 Å². The highest BCUT2D eigenvalue weighted by Gasteiger charge is 2.48. The SMILES string of the molecule is CCOC(=O)C1(NC)CCC(N2CC(C)C(N(C)C)C2)C1. The highest BCUT2D eigenvalue weighted by atomic mass is 16.5. The first-order valence-corrected chi connectivity index (χ1v) is 8.20. The number of hydrogen-bond acceptors (Lipinski definition) is 5. The summed E-state index contributed by atoms with van der Waals surface area (Å²) in [4.78, 5) is 17.2. The molecular weight excluding hydrogens is 266 g/mol. The minimum absolute atomic E-state index is 0.0774. The quantitative estimate of drug-likeness (QED) is 0.765. The molecule has 4 unspecified atom stereocenters. The summed E-state index contributed by atoms with van der Waals surface area (Å²) in [6, 6.07) is 1.12. The van der Waals surface area contributed by atoms with Crippen molar-refractivity contribution in [2.45, 2.75) is 50.7 Å². The van der Waals surface area contributed by atoms with Crippen LogP contribution in [0.3, 0.4) is 0 Å². The van der Waals surface area contributed by atoms with Gasteiger partial charge < -0.3 is 15.0 Å². The molecule has 0 bridgehead atoms. The largest absolute Gasteiger partial charge is 0.465 e. The van der Waals surface area contributed by atoms with Crippen LogP contribution in [0.25, 0.3) is 0 Å². The molecule has 0 aromatic carbocycles. The molecule has 4 atom stereocenters. The number of likely N-dealkylation sites (tertiary alicyclic amines) is 1. The van der Waals surface area contributed by atoms with Crippen LogP contribution < -0.4 is 5.32 Å². The summed E-state index contributed by atoms with van der Waals surface area (Å²) >= 11 is 0. The molecule has 0 aromatic rings. The smallest absolute Gasteiger partial charge is 0.326 e. The van der Waals surface area contributed by atoms with Gasteiger partial charge in [0.25, 0.3) is 0 Å². The Balaban J connectivity index is 2.00. The van der Waals surface area contributed by atoms with Crippen LogP contribution in [-0.4, -0.2) is 74.2 Å². The molecule has 1 aliphatic carbocycles. The van der Waals surface area contributed by atoms with Gasteiger partial charge in [0, 0.05) is 25.2 Å². The van der Waals surface area contributed by atoms with E-state index in [0.29, 0.717) is 24.6 Å². The predicted octanol–water partition coefficient (Wildman–Crippen LogP) is 0.942. The summed E-state index contributed by atoms with van der Waals surface area (Å²) in [6.07, 6.45) is 2.83. The van der Waals surface area contributed by atoms with Crippen LogP contribution in [0.5, 0.6) is 0 Å². The zero-order valence-electron chi connectivity index (χ0n) is 14.2. The van der Waals surface area contributed by atoms with Gasteiger partial charge in [-0.15, -0.1) is 0 Å². The Morgan fingerprint density at radius 2 is 2.14 bits per heavy atom. The zero-order valence-corrected chi connectivity index (χ0v) is 14.2. The molecule has 0 spiro atoms. The third-order valence-electron chi connectivity index (χ3n) is 5.41.